The van der Waals surface area contributed by atoms with Crippen molar-refractivity contribution >= 4 is 21.8 Å². The molecule has 1 N–H and O–H groups in total. The van der Waals surface area contributed by atoms with E-state index in [1.54, 1.807) is 19.2 Å². The third-order valence-corrected chi connectivity index (χ3v) is 3.07. The Bertz CT molecular complexity index is 435. The minimum atomic E-state index is -0.108. The van der Waals surface area contributed by atoms with Crippen molar-refractivity contribution in [1.29, 1.82) is 0 Å². The zero-order valence-electron chi connectivity index (χ0n) is 11.6. The van der Waals surface area contributed by atoms with E-state index in [1.807, 2.05) is 13.8 Å². The first-order valence-corrected chi connectivity index (χ1v) is 7.21. The highest BCUT2D eigenvalue weighted by Gasteiger charge is 2.15. The Kier molecular flexibility index (Phi) is 6.70. The summed E-state index contributed by atoms with van der Waals surface area (Å²) in [6.45, 7) is 5.31. The highest BCUT2D eigenvalue weighted by atomic mass is 79.9. The number of rotatable bonds is 7. The molecule has 0 aliphatic rings. The lowest BCUT2D eigenvalue weighted by Gasteiger charge is -2.13. The van der Waals surface area contributed by atoms with Crippen molar-refractivity contribution in [3.8, 4) is 11.5 Å². The molecule has 106 valence electrons. The highest BCUT2D eigenvalue weighted by Crippen LogP contribution is 2.36. The first kappa shape index (κ1) is 15.8. The molecule has 4 nitrogen and oxygen atoms in total. The lowest BCUT2D eigenvalue weighted by atomic mass is 10.2. The van der Waals surface area contributed by atoms with Crippen LogP contribution in [0.2, 0.25) is 0 Å². The van der Waals surface area contributed by atoms with Crippen LogP contribution >= 0.6 is 15.9 Å². The number of methoxy groups -OCH3 is 1. The molecule has 0 bridgehead atoms. The first-order valence-electron chi connectivity index (χ1n) is 6.42. The maximum absolute atomic E-state index is 11.9. The lowest BCUT2D eigenvalue weighted by Crippen LogP contribution is -2.24. The van der Waals surface area contributed by atoms with E-state index in [2.05, 4.69) is 21.2 Å². The van der Waals surface area contributed by atoms with Gasteiger partial charge in [0.05, 0.1) is 18.2 Å². The molecule has 0 heterocycles. The SMILES string of the molecule is CCCNC(=O)c1cc(Br)c(OCCC)c(OC)c1. The van der Waals surface area contributed by atoms with E-state index in [0.717, 1.165) is 17.3 Å². The van der Waals surface area contributed by atoms with E-state index in [9.17, 15) is 4.79 Å². The van der Waals surface area contributed by atoms with Crippen molar-refractivity contribution in [3.05, 3.63) is 22.2 Å². The summed E-state index contributed by atoms with van der Waals surface area (Å²) < 4.78 is 11.6. The molecule has 0 aliphatic heterocycles. The predicted molar refractivity (Wildman–Crippen MR) is 79.1 cm³/mol. The monoisotopic (exact) mass is 329 g/mol. The molecule has 0 radical (unpaired) electrons. The molecule has 0 fully saturated rings. The average Bonchev–Trinajstić information content (AvgIpc) is 2.42. The van der Waals surface area contributed by atoms with Crippen molar-refractivity contribution in [2.75, 3.05) is 20.3 Å². The summed E-state index contributed by atoms with van der Waals surface area (Å²) in [5, 5.41) is 2.83. The molecular formula is C14H20BrNO3. The van der Waals surface area contributed by atoms with Crippen LogP contribution in [0.4, 0.5) is 0 Å². The minimum Gasteiger partial charge on any atom is -0.493 e. The molecule has 1 aromatic carbocycles. The van der Waals surface area contributed by atoms with Gasteiger partial charge < -0.3 is 14.8 Å². The number of hydrogen-bond acceptors (Lipinski definition) is 3. The molecule has 0 unspecified atom stereocenters. The number of nitrogens with one attached hydrogen (secondary N) is 1. The topological polar surface area (TPSA) is 47.6 Å². The van der Waals surface area contributed by atoms with Crippen molar-refractivity contribution in [2.24, 2.45) is 0 Å². The fourth-order valence-electron chi connectivity index (χ4n) is 1.54. The molecule has 5 heteroatoms. The van der Waals surface area contributed by atoms with Crippen molar-refractivity contribution in [2.45, 2.75) is 26.7 Å². The van der Waals surface area contributed by atoms with E-state index >= 15 is 0 Å². The van der Waals surface area contributed by atoms with Gasteiger partial charge in [0, 0.05) is 12.1 Å². The number of ether oxygens (including phenoxy) is 2. The van der Waals surface area contributed by atoms with Gasteiger partial charge >= 0.3 is 0 Å². The zero-order valence-corrected chi connectivity index (χ0v) is 13.2. The Morgan fingerprint density at radius 2 is 2.05 bits per heavy atom. The maximum atomic E-state index is 11.9. The fraction of sp³-hybridized carbons (Fsp3) is 0.500. The van der Waals surface area contributed by atoms with Gasteiger partial charge in [-0.2, -0.15) is 0 Å². The smallest absolute Gasteiger partial charge is 0.251 e. The number of carbonyl (C=O) groups is 1. The van der Waals surface area contributed by atoms with Gasteiger partial charge in [-0.05, 0) is 40.9 Å². The Morgan fingerprint density at radius 3 is 2.63 bits per heavy atom. The van der Waals surface area contributed by atoms with Gasteiger partial charge in [-0.15, -0.1) is 0 Å². The fourth-order valence-corrected chi connectivity index (χ4v) is 2.09. The average molecular weight is 330 g/mol. The van der Waals surface area contributed by atoms with Crippen LogP contribution in [-0.2, 0) is 0 Å². The van der Waals surface area contributed by atoms with Crippen molar-refractivity contribution in [3.63, 3.8) is 0 Å². The van der Waals surface area contributed by atoms with Gasteiger partial charge in [-0.3, -0.25) is 4.79 Å². The summed E-state index contributed by atoms with van der Waals surface area (Å²) in [5.41, 5.74) is 0.557. The van der Waals surface area contributed by atoms with E-state index in [4.69, 9.17) is 9.47 Å². The largest absolute Gasteiger partial charge is 0.493 e. The minimum absolute atomic E-state index is 0.108. The van der Waals surface area contributed by atoms with Crippen LogP contribution in [0.15, 0.2) is 16.6 Å². The standard InChI is InChI=1S/C14H20BrNO3/c1-4-6-16-14(17)10-8-11(15)13(19-7-5-2)12(9-10)18-3/h8-9H,4-7H2,1-3H3,(H,16,17). The Morgan fingerprint density at radius 1 is 1.32 bits per heavy atom. The van der Waals surface area contributed by atoms with Crippen LogP contribution in [-0.4, -0.2) is 26.2 Å². The second-order valence-electron chi connectivity index (χ2n) is 4.09. The number of halogens is 1. The van der Waals surface area contributed by atoms with Crippen LogP contribution in [0.1, 0.15) is 37.0 Å². The Balaban J connectivity index is 2.98. The summed E-state index contributed by atoms with van der Waals surface area (Å²) in [6, 6.07) is 3.44. The van der Waals surface area contributed by atoms with Gasteiger partial charge in [0.1, 0.15) is 0 Å². The number of carbonyl (C=O) groups excluding carboxylic acids is 1. The molecule has 0 aliphatic carbocycles. The second-order valence-corrected chi connectivity index (χ2v) is 4.95. The second kappa shape index (κ2) is 8.04. The molecule has 0 atom stereocenters. The summed E-state index contributed by atoms with van der Waals surface area (Å²) >= 11 is 3.42. The van der Waals surface area contributed by atoms with Crippen LogP contribution in [0, 0.1) is 0 Å². The zero-order chi connectivity index (χ0) is 14.3. The van der Waals surface area contributed by atoms with Gasteiger partial charge in [0.25, 0.3) is 5.91 Å². The molecule has 1 rings (SSSR count). The van der Waals surface area contributed by atoms with Crippen LogP contribution < -0.4 is 14.8 Å². The molecule has 1 aromatic rings. The normalized spacial score (nSPS) is 10.1. The molecule has 0 saturated heterocycles. The summed E-state index contributed by atoms with van der Waals surface area (Å²) in [7, 11) is 1.56. The molecule has 0 saturated carbocycles. The number of amides is 1. The van der Waals surface area contributed by atoms with Gasteiger partial charge in [-0.1, -0.05) is 13.8 Å². The lowest BCUT2D eigenvalue weighted by molar-refractivity contribution is 0.0953. The van der Waals surface area contributed by atoms with Gasteiger partial charge in [-0.25, -0.2) is 0 Å². The Hall–Kier alpha value is -1.23. The quantitative estimate of drug-likeness (QED) is 0.834. The molecular weight excluding hydrogens is 310 g/mol. The summed E-state index contributed by atoms with van der Waals surface area (Å²) in [5.74, 6) is 1.09. The van der Waals surface area contributed by atoms with E-state index in [0.29, 0.717) is 30.2 Å². The molecule has 0 aromatic heterocycles. The Labute approximate surface area is 122 Å². The van der Waals surface area contributed by atoms with Gasteiger partial charge in [0.2, 0.25) is 0 Å². The molecule has 0 spiro atoms. The first-order chi connectivity index (χ1) is 9.13. The van der Waals surface area contributed by atoms with E-state index in [-0.39, 0.29) is 5.91 Å². The highest BCUT2D eigenvalue weighted by molar-refractivity contribution is 9.10. The van der Waals surface area contributed by atoms with Gasteiger partial charge in [0.15, 0.2) is 11.5 Å². The summed E-state index contributed by atoms with van der Waals surface area (Å²) in [4.78, 5) is 11.9. The van der Waals surface area contributed by atoms with Crippen LogP contribution in [0.25, 0.3) is 0 Å². The van der Waals surface area contributed by atoms with Crippen LogP contribution in [0.3, 0.4) is 0 Å². The van der Waals surface area contributed by atoms with E-state index < -0.39 is 0 Å². The predicted octanol–water partition coefficient (Wildman–Crippen LogP) is 3.39. The van der Waals surface area contributed by atoms with Crippen LogP contribution in [0.5, 0.6) is 11.5 Å². The molecule has 1 amide bonds. The van der Waals surface area contributed by atoms with Crippen molar-refractivity contribution < 1.29 is 14.3 Å². The third-order valence-electron chi connectivity index (χ3n) is 2.48. The van der Waals surface area contributed by atoms with E-state index in [1.165, 1.54) is 0 Å². The number of hydrogen-bond donors (Lipinski definition) is 1. The summed E-state index contributed by atoms with van der Waals surface area (Å²) in [6.07, 6.45) is 1.82. The maximum Gasteiger partial charge on any atom is 0.251 e. The van der Waals surface area contributed by atoms with Crippen molar-refractivity contribution in [1.82, 2.24) is 5.32 Å². The molecule has 19 heavy (non-hydrogen) atoms. The number of benzene rings is 1. The third kappa shape index (κ3) is 4.42.